The number of ether oxygens (including phenoxy) is 2. The van der Waals surface area contributed by atoms with E-state index in [0.29, 0.717) is 45.6 Å². The number of benzene rings is 1. The molecule has 180 valence electrons. The van der Waals surface area contributed by atoms with Crippen molar-refractivity contribution in [1.82, 2.24) is 20.6 Å². The summed E-state index contributed by atoms with van der Waals surface area (Å²) in [6, 6.07) is 5.87. The number of rotatable bonds is 5. The third-order valence-electron chi connectivity index (χ3n) is 6.25. The van der Waals surface area contributed by atoms with Crippen LogP contribution in [0.5, 0.6) is 11.5 Å². The number of hydrogen-bond donors (Lipinski definition) is 3. The van der Waals surface area contributed by atoms with Gasteiger partial charge in [-0.05, 0) is 50.8 Å². The minimum Gasteiger partial charge on any atom is -0.493 e. The second-order valence-corrected chi connectivity index (χ2v) is 8.37. The number of allylic oxidation sites excluding steroid dienone is 2. The topological polar surface area (TPSA) is 125 Å². The van der Waals surface area contributed by atoms with Gasteiger partial charge in [0, 0.05) is 22.8 Å². The molecule has 2 atom stereocenters. The van der Waals surface area contributed by atoms with Crippen molar-refractivity contribution in [2.75, 3.05) is 20.0 Å². The zero-order chi connectivity index (χ0) is 23.1. The zero-order valence-electron chi connectivity index (χ0n) is 19.3. The van der Waals surface area contributed by atoms with E-state index < -0.39 is 12.1 Å². The van der Waals surface area contributed by atoms with E-state index in [9.17, 15) is 4.79 Å². The third-order valence-corrected chi connectivity index (χ3v) is 6.25. The molecule has 9 nitrogen and oxygen atoms in total. The van der Waals surface area contributed by atoms with Crippen LogP contribution in [0, 0.1) is 6.92 Å². The summed E-state index contributed by atoms with van der Waals surface area (Å²) in [7, 11) is 3.13. The van der Waals surface area contributed by atoms with Crippen LogP contribution in [-0.4, -0.2) is 36.0 Å². The Hall–Kier alpha value is -3.46. The summed E-state index contributed by atoms with van der Waals surface area (Å²) < 4.78 is 16.5. The van der Waals surface area contributed by atoms with E-state index in [1.54, 1.807) is 38.5 Å². The van der Waals surface area contributed by atoms with Gasteiger partial charge in [0.25, 0.3) is 0 Å². The number of methoxy groups -OCH3 is 2. The number of furan rings is 1. The van der Waals surface area contributed by atoms with Crippen molar-refractivity contribution in [3.63, 3.8) is 0 Å². The summed E-state index contributed by atoms with van der Waals surface area (Å²) >= 11 is 0. The van der Waals surface area contributed by atoms with Gasteiger partial charge in [-0.1, -0.05) is 0 Å². The van der Waals surface area contributed by atoms with Gasteiger partial charge < -0.3 is 30.3 Å². The van der Waals surface area contributed by atoms with Gasteiger partial charge in [0.05, 0.1) is 19.7 Å². The summed E-state index contributed by atoms with van der Waals surface area (Å²) in [4.78, 5) is 22.8. The second-order valence-electron chi connectivity index (χ2n) is 8.37. The minimum absolute atomic E-state index is 0. The van der Waals surface area contributed by atoms with E-state index in [4.69, 9.17) is 24.6 Å². The van der Waals surface area contributed by atoms with E-state index in [1.807, 2.05) is 6.92 Å². The Labute approximate surface area is 203 Å². The molecule has 0 bridgehead atoms. The fraction of sp³-hybridized carbons (Fsp3) is 0.375. The molecule has 1 aliphatic carbocycles. The molecule has 0 saturated heterocycles. The van der Waals surface area contributed by atoms with E-state index in [2.05, 4.69) is 15.6 Å². The molecular weight excluding hydrogens is 458 g/mol. The van der Waals surface area contributed by atoms with Crippen LogP contribution in [-0.2, 0) is 0 Å². The minimum atomic E-state index is -0.635. The van der Waals surface area contributed by atoms with Gasteiger partial charge in [0.1, 0.15) is 23.7 Å². The number of fused-ring (bicyclic) bond motifs is 1. The number of nitrogens with two attached hydrogens (primary N) is 1. The molecule has 3 heterocycles. The number of Topliss-reactive ketones (excluding diaryl/α,β-unsaturated/α-hetero) is 1. The maximum Gasteiger partial charge on any atom is 0.222 e. The fourth-order valence-corrected chi connectivity index (χ4v) is 4.55. The van der Waals surface area contributed by atoms with Gasteiger partial charge in [-0.15, -0.1) is 12.4 Å². The molecule has 2 aliphatic rings. The maximum atomic E-state index is 13.5. The zero-order valence-corrected chi connectivity index (χ0v) is 20.1. The molecule has 5 rings (SSSR count). The number of ketones is 1. The van der Waals surface area contributed by atoms with E-state index >= 15 is 0 Å². The normalized spacial score (nSPS) is 19.5. The van der Waals surface area contributed by atoms with Crippen LogP contribution in [0.4, 0.5) is 5.82 Å². The van der Waals surface area contributed by atoms with Gasteiger partial charge in [-0.25, -0.2) is 9.97 Å². The predicted molar refractivity (Wildman–Crippen MR) is 130 cm³/mol. The highest BCUT2D eigenvalue weighted by Crippen LogP contribution is 2.36. The van der Waals surface area contributed by atoms with Gasteiger partial charge in [-0.3, -0.25) is 4.79 Å². The van der Waals surface area contributed by atoms with Gasteiger partial charge >= 0.3 is 0 Å². The lowest BCUT2D eigenvalue weighted by molar-refractivity contribution is 0.0887. The molecule has 2 unspecified atom stereocenters. The van der Waals surface area contributed by atoms with Crippen LogP contribution in [0.1, 0.15) is 53.9 Å². The first-order chi connectivity index (χ1) is 16.0. The number of anilines is 1. The van der Waals surface area contributed by atoms with Crippen molar-refractivity contribution in [3.05, 3.63) is 53.0 Å². The maximum absolute atomic E-state index is 13.5. The Morgan fingerprint density at radius 3 is 2.38 bits per heavy atom. The standard InChI is InChI=1S/C24H27N5O4.ClH/c1-12-8-9-17(33-12)22(30)20-21(27-15-7-5-4-6-14(15)26-20)24-28-16-11-19(32-3)18(31-2)10-13(16)23(25)29-24;/h8-11,20-21,26-27H,4-7H2,1-3H3,(H2,25,28,29);1H. The third kappa shape index (κ3) is 4.11. The molecule has 34 heavy (non-hydrogen) atoms. The van der Waals surface area contributed by atoms with Gasteiger partial charge in [-0.2, -0.15) is 0 Å². The van der Waals surface area contributed by atoms with E-state index in [0.717, 1.165) is 37.1 Å². The van der Waals surface area contributed by atoms with Crippen molar-refractivity contribution in [2.24, 2.45) is 0 Å². The lowest BCUT2D eigenvalue weighted by atomic mass is 9.92. The Kier molecular flexibility index (Phi) is 6.56. The molecular formula is C24H28ClN5O4. The van der Waals surface area contributed by atoms with Crippen molar-refractivity contribution in [3.8, 4) is 11.5 Å². The molecule has 1 aromatic carbocycles. The van der Waals surface area contributed by atoms with Crippen molar-refractivity contribution >= 4 is 34.9 Å². The molecule has 3 aromatic rings. The first kappa shape index (κ1) is 23.7. The molecule has 1 aliphatic heterocycles. The Morgan fingerprint density at radius 1 is 1.06 bits per heavy atom. The molecule has 10 heteroatoms. The number of nitrogens with zero attached hydrogens (tertiary/aromatic N) is 2. The molecule has 0 radical (unpaired) electrons. The highest BCUT2D eigenvalue weighted by molar-refractivity contribution is 5.99. The van der Waals surface area contributed by atoms with Crippen LogP contribution in [0.3, 0.4) is 0 Å². The molecule has 0 amide bonds. The van der Waals surface area contributed by atoms with Crippen LogP contribution in [0.15, 0.2) is 40.1 Å². The summed E-state index contributed by atoms with van der Waals surface area (Å²) in [6.07, 6.45) is 3.98. The van der Waals surface area contributed by atoms with Crippen molar-refractivity contribution in [1.29, 1.82) is 0 Å². The van der Waals surface area contributed by atoms with E-state index in [-0.39, 0.29) is 18.2 Å². The summed E-state index contributed by atoms with van der Waals surface area (Å²) in [6.45, 7) is 1.82. The number of aryl methyl sites for hydroxylation is 1. The lowest BCUT2D eigenvalue weighted by Gasteiger charge is -2.37. The first-order valence-electron chi connectivity index (χ1n) is 11.0. The van der Waals surface area contributed by atoms with Crippen LogP contribution >= 0.6 is 12.4 Å². The highest BCUT2D eigenvalue weighted by Gasteiger charge is 2.39. The molecule has 4 N–H and O–H groups in total. The molecule has 0 saturated carbocycles. The lowest BCUT2D eigenvalue weighted by Crippen LogP contribution is -2.52. The summed E-state index contributed by atoms with van der Waals surface area (Å²) in [5.41, 5.74) is 9.11. The van der Waals surface area contributed by atoms with Gasteiger partial charge in [0.2, 0.25) is 5.78 Å². The predicted octanol–water partition coefficient (Wildman–Crippen LogP) is 3.82. The summed E-state index contributed by atoms with van der Waals surface area (Å²) in [5, 5.41) is 7.66. The van der Waals surface area contributed by atoms with Crippen molar-refractivity contribution < 1.29 is 18.7 Å². The average Bonchev–Trinajstić information content (AvgIpc) is 3.28. The SMILES string of the molecule is COc1cc2nc(C3NC4=C(CCCC4)NC3C(=O)c3ccc(C)o3)nc(N)c2cc1OC.Cl. The highest BCUT2D eigenvalue weighted by atomic mass is 35.5. The number of nitrogen functional groups attached to an aromatic ring is 1. The Bertz CT molecular complexity index is 1270. The molecule has 2 aromatic heterocycles. The van der Waals surface area contributed by atoms with E-state index in [1.165, 1.54) is 0 Å². The largest absolute Gasteiger partial charge is 0.493 e. The number of nitrogens with one attached hydrogen (secondary N) is 2. The second kappa shape index (κ2) is 9.42. The number of carbonyl (C=O) groups excluding carboxylic acids is 1. The Balaban J connectivity index is 0.00000274. The van der Waals surface area contributed by atoms with Crippen molar-refractivity contribution in [2.45, 2.75) is 44.7 Å². The smallest absolute Gasteiger partial charge is 0.222 e. The molecule has 0 fully saturated rings. The van der Waals surface area contributed by atoms with Crippen LogP contribution in [0.2, 0.25) is 0 Å². The fourth-order valence-electron chi connectivity index (χ4n) is 4.55. The summed E-state index contributed by atoms with van der Waals surface area (Å²) in [5.74, 6) is 2.65. The van der Waals surface area contributed by atoms with Crippen LogP contribution < -0.4 is 25.8 Å². The number of aromatic nitrogens is 2. The number of halogens is 1. The first-order valence-corrected chi connectivity index (χ1v) is 11.0. The molecule has 0 spiro atoms. The monoisotopic (exact) mass is 485 g/mol. The van der Waals surface area contributed by atoms with Crippen LogP contribution in [0.25, 0.3) is 10.9 Å². The quantitative estimate of drug-likeness (QED) is 0.462. The average molecular weight is 486 g/mol. The number of hydrogen-bond acceptors (Lipinski definition) is 9. The van der Waals surface area contributed by atoms with Gasteiger partial charge in [0.15, 0.2) is 23.1 Å². The Morgan fingerprint density at radius 2 is 1.74 bits per heavy atom. The number of carbonyl (C=O) groups is 1.